The van der Waals surface area contributed by atoms with Gasteiger partial charge < -0.3 is 14.6 Å². The van der Waals surface area contributed by atoms with Crippen LogP contribution in [0.1, 0.15) is 26.3 Å². The van der Waals surface area contributed by atoms with Crippen molar-refractivity contribution in [3.05, 3.63) is 89.5 Å². The Labute approximate surface area is 157 Å². The molecule has 3 aromatic carbocycles. The molecule has 5 nitrogen and oxygen atoms in total. The van der Waals surface area contributed by atoms with Gasteiger partial charge in [-0.3, -0.25) is 9.59 Å². The second-order valence-corrected chi connectivity index (χ2v) is 5.53. The molecule has 27 heavy (non-hydrogen) atoms. The Morgan fingerprint density at radius 2 is 1.22 bits per heavy atom. The molecule has 0 aliphatic carbocycles. The van der Waals surface area contributed by atoms with Crippen LogP contribution in [0, 0.1) is 0 Å². The molecule has 0 radical (unpaired) electrons. The number of hydrogen-bond acceptors (Lipinski definition) is 5. The lowest BCUT2D eigenvalue weighted by molar-refractivity contribution is 0.111. The van der Waals surface area contributed by atoms with Gasteiger partial charge >= 0.3 is 0 Å². The van der Waals surface area contributed by atoms with E-state index in [1.807, 2.05) is 24.3 Å². The molecule has 138 valence electrons. The normalized spacial score (nSPS) is 9.52. The third-order valence-corrected chi connectivity index (χ3v) is 3.61. The largest absolute Gasteiger partial charge is 0.508 e. The van der Waals surface area contributed by atoms with Crippen LogP contribution in [0.25, 0.3) is 0 Å². The van der Waals surface area contributed by atoms with Crippen molar-refractivity contribution in [3.8, 4) is 17.2 Å². The standard InChI is InChI=1S/C15H14O3.C7H6O2/c1-17-14-6-4-13(5-7-14)11-18-15-8-2-12(10-16)3-9-15;8-5-6-1-3-7(9)4-2-6/h2-10H,11H2,1H3;1-5,9H. The second-order valence-electron chi connectivity index (χ2n) is 5.53. The molecular weight excluding hydrogens is 344 g/mol. The fourth-order valence-electron chi connectivity index (χ4n) is 2.08. The zero-order valence-corrected chi connectivity index (χ0v) is 14.9. The van der Waals surface area contributed by atoms with Crippen LogP contribution >= 0.6 is 0 Å². The minimum absolute atomic E-state index is 0.181. The van der Waals surface area contributed by atoms with Crippen molar-refractivity contribution in [1.29, 1.82) is 0 Å². The van der Waals surface area contributed by atoms with Gasteiger partial charge in [0, 0.05) is 11.1 Å². The topological polar surface area (TPSA) is 72.8 Å². The summed E-state index contributed by atoms with van der Waals surface area (Å²) in [6.45, 7) is 0.491. The van der Waals surface area contributed by atoms with Gasteiger partial charge in [0.25, 0.3) is 0 Å². The Balaban J connectivity index is 0.000000244. The summed E-state index contributed by atoms with van der Waals surface area (Å²) in [5, 5.41) is 8.74. The lowest BCUT2D eigenvalue weighted by atomic mass is 10.2. The highest BCUT2D eigenvalue weighted by Gasteiger charge is 1.97. The van der Waals surface area contributed by atoms with E-state index in [-0.39, 0.29) is 5.75 Å². The van der Waals surface area contributed by atoms with E-state index in [1.54, 1.807) is 43.5 Å². The number of aromatic hydroxyl groups is 1. The van der Waals surface area contributed by atoms with Crippen molar-refractivity contribution in [3.63, 3.8) is 0 Å². The van der Waals surface area contributed by atoms with E-state index in [4.69, 9.17) is 14.6 Å². The zero-order chi connectivity index (χ0) is 19.5. The van der Waals surface area contributed by atoms with Crippen LogP contribution in [0.4, 0.5) is 0 Å². The summed E-state index contributed by atoms with van der Waals surface area (Å²) < 4.78 is 10.7. The summed E-state index contributed by atoms with van der Waals surface area (Å²) >= 11 is 0. The van der Waals surface area contributed by atoms with Crippen molar-refractivity contribution in [2.75, 3.05) is 7.11 Å². The smallest absolute Gasteiger partial charge is 0.150 e. The molecule has 3 rings (SSSR count). The molecule has 0 aromatic heterocycles. The molecule has 0 bridgehead atoms. The molecule has 5 heteroatoms. The van der Waals surface area contributed by atoms with Crippen molar-refractivity contribution in [1.82, 2.24) is 0 Å². The van der Waals surface area contributed by atoms with E-state index in [0.29, 0.717) is 17.7 Å². The molecule has 0 unspecified atom stereocenters. The third-order valence-electron chi connectivity index (χ3n) is 3.61. The Morgan fingerprint density at radius 3 is 1.70 bits per heavy atom. The highest BCUT2D eigenvalue weighted by molar-refractivity contribution is 5.75. The fourth-order valence-corrected chi connectivity index (χ4v) is 2.08. The van der Waals surface area contributed by atoms with Crippen LogP contribution in [-0.2, 0) is 6.61 Å². The van der Waals surface area contributed by atoms with Crippen LogP contribution in [-0.4, -0.2) is 24.8 Å². The number of benzene rings is 3. The van der Waals surface area contributed by atoms with Gasteiger partial charge in [0.1, 0.15) is 36.4 Å². The molecule has 0 spiro atoms. The lowest BCUT2D eigenvalue weighted by Gasteiger charge is -2.07. The molecule has 0 saturated carbocycles. The minimum atomic E-state index is 0.181. The minimum Gasteiger partial charge on any atom is -0.508 e. The van der Waals surface area contributed by atoms with Crippen molar-refractivity contribution in [2.45, 2.75) is 6.61 Å². The maximum absolute atomic E-state index is 10.5. The van der Waals surface area contributed by atoms with Gasteiger partial charge in [-0.25, -0.2) is 0 Å². The molecule has 0 aliphatic rings. The average Bonchev–Trinajstić information content (AvgIpc) is 2.74. The summed E-state index contributed by atoms with van der Waals surface area (Å²) in [5.41, 5.74) is 2.29. The summed E-state index contributed by atoms with van der Waals surface area (Å²) in [5.74, 6) is 1.76. The Kier molecular flexibility index (Phi) is 7.60. The monoisotopic (exact) mass is 364 g/mol. The second kappa shape index (κ2) is 10.4. The highest BCUT2D eigenvalue weighted by Crippen LogP contribution is 2.15. The van der Waals surface area contributed by atoms with Gasteiger partial charge in [-0.1, -0.05) is 12.1 Å². The quantitative estimate of drug-likeness (QED) is 0.661. The number of hydrogen-bond donors (Lipinski definition) is 1. The van der Waals surface area contributed by atoms with Crippen LogP contribution in [0.3, 0.4) is 0 Å². The van der Waals surface area contributed by atoms with Gasteiger partial charge in [-0.2, -0.15) is 0 Å². The predicted octanol–water partition coefficient (Wildman–Crippen LogP) is 4.29. The first-order valence-corrected chi connectivity index (χ1v) is 8.20. The summed E-state index contributed by atoms with van der Waals surface area (Å²) in [6, 6.07) is 20.8. The lowest BCUT2D eigenvalue weighted by Crippen LogP contribution is -1.95. The first-order valence-electron chi connectivity index (χ1n) is 8.20. The molecule has 1 N–H and O–H groups in total. The van der Waals surface area contributed by atoms with E-state index in [2.05, 4.69) is 0 Å². The summed E-state index contributed by atoms with van der Waals surface area (Å²) in [4.78, 5) is 20.5. The number of aldehydes is 2. The van der Waals surface area contributed by atoms with Crippen molar-refractivity contribution >= 4 is 12.6 Å². The SMILES string of the molecule is COc1ccc(COc2ccc(C=O)cc2)cc1.O=Cc1ccc(O)cc1. The first-order chi connectivity index (χ1) is 13.1. The number of methoxy groups -OCH3 is 1. The van der Waals surface area contributed by atoms with Crippen LogP contribution in [0.2, 0.25) is 0 Å². The molecule has 0 fully saturated rings. The van der Waals surface area contributed by atoms with Gasteiger partial charge in [0.15, 0.2) is 0 Å². The van der Waals surface area contributed by atoms with Gasteiger partial charge in [-0.15, -0.1) is 0 Å². The van der Waals surface area contributed by atoms with Gasteiger partial charge in [0.05, 0.1) is 7.11 Å². The van der Waals surface area contributed by atoms with E-state index < -0.39 is 0 Å². The Bertz CT molecular complexity index is 837. The van der Waals surface area contributed by atoms with E-state index in [0.717, 1.165) is 29.6 Å². The van der Waals surface area contributed by atoms with Gasteiger partial charge in [-0.05, 0) is 66.2 Å². The third kappa shape index (κ3) is 6.66. The Hall–Kier alpha value is -3.60. The van der Waals surface area contributed by atoms with Gasteiger partial charge in [0.2, 0.25) is 0 Å². The van der Waals surface area contributed by atoms with Crippen LogP contribution in [0.5, 0.6) is 17.2 Å². The molecule has 0 heterocycles. The Morgan fingerprint density at radius 1 is 0.741 bits per heavy atom. The maximum Gasteiger partial charge on any atom is 0.150 e. The number of carbonyl (C=O) groups excluding carboxylic acids is 2. The summed E-state index contributed by atoms with van der Waals surface area (Å²) in [7, 11) is 1.64. The molecule has 3 aromatic rings. The van der Waals surface area contributed by atoms with Crippen LogP contribution in [0.15, 0.2) is 72.8 Å². The summed E-state index contributed by atoms with van der Waals surface area (Å²) in [6.07, 6.45) is 1.55. The van der Waals surface area contributed by atoms with Crippen molar-refractivity contribution < 1.29 is 24.2 Å². The van der Waals surface area contributed by atoms with E-state index in [9.17, 15) is 9.59 Å². The van der Waals surface area contributed by atoms with Crippen molar-refractivity contribution in [2.24, 2.45) is 0 Å². The molecule has 0 atom stereocenters. The van der Waals surface area contributed by atoms with E-state index >= 15 is 0 Å². The number of phenolic OH excluding ortho intramolecular Hbond substituents is 1. The molecular formula is C22H20O5. The van der Waals surface area contributed by atoms with E-state index in [1.165, 1.54) is 12.1 Å². The molecule has 0 saturated heterocycles. The fraction of sp³-hybridized carbons (Fsp3) is 0.0909. The first kappa shape index (κ1) is 19.7. The highest BCUT2D eigenvalue weighted by atomic mass is 16.5. The number of phenols is 1. The molecule has 0 aliphatic heterocycles. The molecule has 0 amide bonds. The average molecular weight is 364 g/mol. The van der Waals surface area contributed by atoms with Crippen LogP contribution < -0.4 is 9.47 Å². The number of rotatable bonds is 6. The maximum atomic E-state index is 10.5. The number of ether oxygens (including phenoxy) is 2. The number of carbonyl (C=O) groups is 2. The zero-order valence-electron chi connectivity index (χ0n) is 14.9. The predicted molar refractivity (Wildman–Crippen MR) is 103 cm³/mol.